The van der Waals surface area contributed by atoms with Crippen LogP contribution in [0.2, 0.25) is 0 Å². The molecule has 1 atom stereocenters. The van der Waals surface area contributed by atoms with Crippen molar-refractivity contribution in [1.29, 1.82) is 0 Å². The molecule has 2 nitrogen and oxygen atoms in total. The zero-order chi connectivity index (χ0) is 6.69. The molecule has 1 aliphatic heterocycles. The highest BCUT2D eigenvalue weighted by Crippen LogP contribution is 2.15. The van der Waals surface area contributed by atoms with Crippen LogP contribution in [-0.2, 0) is 0 Å². The Labute approximate surface area is 59.4 Å². The summed E-state index contributed by atoms with van der Waals surface area (Å²) in [6, 6.07) is 0. The lowest BCUT2D eigenvalue weighted by Crippen LogP contribution is -2.09. The molecule has 0 aliphatic carbocycles. The van der Waals surface area contributed by atoms with Crippen LogP contribution in [0, 0.1) is 0 Å². The van der Waals surface area contributed by atoms with E-state index in [1.165, 1.54) is 0 Å². The quantitative estimate of drug-likeness (QED) is 0.595. The standard InChI is InChI=1S/C6H10N2S/c1-5-3-6(7-2)8-4-9-5/h3-5,7H,1-2H3. The van der Waals surface area contributed by atoms with Crippen molar-refractivity contribution >= 4 is 17.3 Å². The first-order chi connectivity index (χ1) is 4.33. The minimum Gasteiger partial charge on any atom is -0.373 e. The van der Waals surface area contributed by atoms with Crippen molar-refractivity contribution in [2.24, 2.45) is 4.99 Å². The molecule has 0 aromatic carbocycles. The van der Waals surface area contributed by atoms with E-state index in [4.69, 9.17) is 0 Å². The Balaban J connectivity index is 2.59. The molecule has 0 saturated heterocycles. The van der Waals surface area contributed by atoms with Gasteiger partial charge < -0.3 is 5.32 Å². The second-order valence-corrected chi connectivity index (χ2v) is 3.10. The molecule has 3 heteroatoms. The number of nitrogens with one attached hydrogen (secondary N) is 1. The maximum absolute atomic E-state index is 4.09. The summed E-state index contributed by atoms with van der Waals surface area (Å²) in [6.07, 6.45) is 2.10. The number of nitrogens with zero attached hydrogens (tertiary/aromatic N) is 1. The highest BCUT2D eigenvalue weighted by atomic mass is 32.2. The van der Waals surface area contributed by atoms with Gasteiger partial charge in [0.1, 0.15) is 5.82 Å². The van der Waals surface area contributed by atoms with Gasteiger partial charge in [-0.3, -0.25) is 0 Å². The van der Waals surface area contributed by atoms with Crippen molar-refractivity contribution in [2.75, 3.05) is 7.05 Å². The maximum Gasteiger partial charge on any atom is 0.123 e. The molecule has 0 radical (unpaired) electrons. The van der Waals surface area contributed by atoms with Crippen LogP contribution in [0.1, 0.15) is 6.92 Å². The van der Waals surface area contributed by atoms with Crippen LogP contribution >= 0.6 is 11.8 Å². The molecular weight excluding hydrogens is 132 g/mol. The van der Waals surface area contributed by atoms with E-state index in [0.717, 1.165) is 5.82 Å². The SMILES string of the molecule is CNC1=CC(C)SC=N1. The van der Waals surface area contributed by atoms with Gasteiger partial charge in [0.25, 0.3) is 0 Å². The van der Waals surface area contributed by atoms with Crippen LogP contribution in [0.4, 0.5) is 0 Å². The fourth-order valence-corrected chi connectivity index (χ4v) is 1.21. The summed E-state index contributed by atoms with van der Waals surface area (Å²) in [4.78, 5) is 4.09. The first-order valence-corrected chi connectivity index (χ1v) is 3.85. The van der Waals surface area contributed by atoms with Crippen molar-refractivity contribution in [2.45, 2.75) is 12.2 Å². The predicted molar refractivity (Wildman–Crippen MR) is 42.7 cm³/mol. The van der Waals surface area contributed by atoms with Gasteiger partial charge in [-0.05, 0) is 13.0 Å². The first kappa shape index (κ1) is 6.68. The molecule has 0 saturated carbocycles. The van der Waals surface area contributed by atoms with E-state index in [1.807, 2.05) is 12.6 Å². The van der Waals surface area contributed by atoms with Gasteiger partial charge >= 0.3 is 0 Å². The maximum atomic E-state index is 4.09. The Morgan fingerprint density at radius 1 is 1.78 bits per heavy atom. The lowest BCUT2D eigenvalue weighted by Gasteiger charge is -2.09. The zero-order valence-electron chi connectivity index (χ0n) is 5.59. The van der Waals surface area contributed by atoms with Gasteiger partial charge in [0, 0.05) is 12.3 Å². The summed E-state index contributed by atoms with van der Waals surface area (Å²) in [5.74, 6) is 0.973. The van der Waals surface area contributed by atoms with Gasteiger partial charge in [-0.25, -0.2) is 4.99 Å². The van der Waals surface area contributed by atoms with Gasteiger partial charge in [-0.1, -0.05) is 0 Å². The van der Waals surface area contributed by atoms with Crippen LogP contribution in [0.25, 0.3) is 0 Å². The fraction of sp³-hybridized carbons (Fsp3) is 0.500. The molecule has 0 fully saturated rings. The summed E-state index contributed by atoms with van der Waals surface area (Å²) in [5.41, 5.74) is 1.87. The number of aliphatic imine (C=N–C) groups is 1. The molecule has 0 amide bonds. The summed E-state index contributed by atoms with van der Waals surface area (Å²) in [5, 5.41) is 3.54. The lowest BCUT2D eigenvalue weighted by atomic mass is 10.4. The number of hydrogen-bond acceptors (Lipinski definition) is 3. The van der Waals surface area contributed by atoms with Gasteiger partial charge in [0.15, 0.2) is 0 Å². The van der Waals surface area contributed by atoms with E-state index in [9.17, 15) is 0 Å². The zero-order valence-corrected chi connectivity index (χ0v) is 6.40. The van der Waals surface area contributed by atoms with Crippen molar-refractivity contribution in [3.05, 3.63) is 11.9 Å². The highest BCUT2D eigenvalue weighted by molar-refractivity contribution is 8.12. The molecule has 9 heavy (non-hydrogen) atoms. The van der Waals surface area contributed by atoms with Gasteiger partial charge in [0.2, 0.25) is 0 Å². The average molecular weight is 142 g/mol. The van der Waals surface area contributed by atoms with Crippen LogP contribution < -0.4 is 5.32 Å². The second-order valence-electron chi connectivity index (χ2n) is 1.88. The molecule has 0 spiro atoms. The molecular formula is C6H10N2S. The molecule has 1 unspecified atom stereocenters. The van der Waals surface area contributed by atoms with Crippen LogP contribution in [0.5, 0.6) is 0 Å². The van der Waals surface area contributed by atoms with E-state index in [2.05, 4.69) is 23.3 Å². The Morgan fingerprint density at radius 2 is 2.56 bits per heavy atom. The molecule has 50 valence electrons. The molecule has 1 heterocycles. The number of rotatable bonds is 1. The molecule has 1 aliphatic rings. The normalized spacial score (nSPS) is 25.6. The van der Waals surface area contributed by atoms with Crippen molar-refractivity contribution in [3.8, 4) is 0 Å². The van der Waals surface area contributed by atoms with Crippen LogP contribution in [0.3, 0.4) is 0 Å². The average Bonchev–Trinajstić information content (AvgIpc) is 1.88. The Morgan fingerprint density at radius 3 is 3.00 bits per heavy atom. The van der Waals surface area contributed by atoms with E-state index < -0.39 is 0 Å². The summed E-state index contributed by atoms with van der Waals surface area (Å²) in [6.45, 7) is 2.15. The van der Waals surface area contributed by atoms with Crippen molar-refractivity contribution < 1.29 is 0 Å². The fourth-order valence-electron chi connectivity index (χ4n) is 0.636. The van der Waals surface area contributed by atoms with Gasteiger partial charge in [-0.15, -0.1) is 11.8 Å². The third kappa shape index (κ3) is 1.75. The van der Waals surface area contributed by atoms with Crippen LogP contribution in [0.15, 0.2) is 16.9 Å². The number of hydrogen-bond donors (Lipinski definition) is 1. The Kier molecular flexibility index (Phi) is 2.16. The topological polar surface area (TPSA) is 24.4 Å². The second kappa shape index (κ2) is 2.92. The lowest BCUT2D eigenvalue weighted by molar-refractivity contribution is 0.947. The molecule has 0 bridgehead atoms. The largest absolute Gasteiger partial charge is 0.373 e. The molecule has 1 rings (SSSR count). The van der Waals surface area contributed by atoms with E-state index in [1.54, 1.807) is 11.8 Å². The molecule has 0 aromatic rings. The van der Waals surface area contributed by atoms with Crippen molar-refractivity contribution in [3.63, 3.8) is 0 Å². The van der Waals surface area contributed by atoms with Crippen molar-refractivity contribution in [1.82, 2.24) is 5.32 Å². The Hall–Kier alpha value is -0.440. The van der Waals surface area contributed by atoms with E-state index in [0.29, 0.717) is 5.25 Å². The smallest absolute Gasteiger partial charge is 0.123 e. The number of thioether (sulfide) groups is 1. The summed E-state index contributed by atoms with van der Waals surface area (Å²) in [7, 11) is 1.88. The van der Waals surface area contributed by atoms with Crippen LogP contribution in [-0.4, -0.2) is 17.8 Å². The van der Waals surface area contributed by atoms with Gasteiger partial charge in [-0.2, -0.15) is 0 Å². The van der Waals surface area contributed by atoms with E-state index in [-0.39, 0.29) is 0 Å². The minimum absolute atomic E-state index is 0.560. The molecule has 1 N–H and O–H groups in total. The first-order valence-electron chi connectivity index (χ1n) is 2.90. The highest BCUT2D eigenvalue weighted by Gasteiger charge is 2.02. The third-order valence-electron chi connectivity index (χ3n) is 1.12. The van der Waals surface area contributed by atoms with E-state index >= 15 is 0 Å². The van der Waals surface area contributed by atoms with Gasteiger partial charge in [0.05, 0.1) is 5.55 Å². The Bertz CT molecular complexity index is 151. The monoisotopic (exact) mass is 142 g/mol. The predicted octanol–water partition coefficient (Wildman–Crippen LogP) is 1.21. The third-order valence-corrected chi connectivity index (χ3v) is 1.91. The minimum atomic E-state index is 0.560. The summed E-state index contributed by atoms with van der Waals surface area (Å²) >= 11 is 1.73. The summed E-state index contributed by atoms with van der Waals surface area (Å²) < 4.78 is 0. The molecule has 0 aromatic heterocycles.